The fraction of sp³-hybridized carbons (Fsp3) is 0.611. The Balaban J connectivity index is 5.50. The summed E-state index contributed by atoms with van der Waals surface area (Å²) in [5.74, 6) is -7.74. The van der Waals surface area contributed by atoms with Crippen molar-refractivity contribution in [2.24, 2.45) is 17.2 Å². The molecule has 0 radical (unpaired) electrons. The Bertz CT molecular complexity index is 802. The van der Waals surface area contributed by atoms with Gasteiger partial charge in [0.1, 0.15) is 18.1 Å². The van der Waals surface area contributed by atoms with Crippen LogP contribution >= 0.6 is 0 Å². The molecular weight excluding hydrogens is 460 g/mol. The van der Waals surface area contributed by atoms with Crippen molar-refractivity contribution < 1.29 is 48.9 Å². The predicted octanol–water partition coefficient (Wildman–Crippen LogP) is -4.76. The maximum atomic E-state index is 12.7. The number of carboxylic acids is 2. The molecule has 0 saturated carbocycles. The molecule has 0 fully saturated rings. The molecular formula is C18H30N6O10. The van der Waals surface area contributed by atoms with E-state index in [4.69, 9.17) is 22.3 Å². The topological polar surface area (TPSA) is 294 Å². The minimum atomic E-state index is -1.72. The molecule has 0 bridgehead atoms. The van der Waals surface area contributed by atoms with E-state index < -0.39 is 91.0 Å². The van der Waals surface area contributed by atoms with Crippen molar-refractivity contribution in [1.29, 1.82) is 0 Å². The monoisotopic (exact) mass is 490 g/mol. The Morgan fingerprint density at radius 3 is 1.74 bits per heavy atom. The molecule has 16 nitrogen and oxygen atoms in total. The number of rotatable bonds is 16. The van der Waals surface area contributed by atoms with E-state index in [0.29, 0.717) is 0 Å². The van der Waals surface area contributed by atoms with Gasteiger partial charge in [0.25, 0.3) is 0 Å². The minimum absolute atomic E-state index is 0.355. The third-order valence-electron chi connectivity index (χ3n) is 4.39. The fourth-order valence-electron chi connectivity index (χ4n) is 2.59. The van der Waals surface area contributed by atoms with E-state index in [9.17, 15) is 43.8 Å². The molecule has 0 aromatic carbocycles. The number of carboxylic acid groups (broad SMARTS) is 2. The Morgan fingerprint density at radius 2 is 1.29 bits per heavy atom. The SMILES string of the molecule is CC(O)C(NC(=O)C(CCC(=O)O)NC(=O)C(N)CC(N)=O)C(=O)NC(CCC(N)=O)C(=O)O. The van der Waals surface area contributed by atoms with E-state index in [1.165, 1.54) is 0 Å². The molecule has 0 aliphatic carbocycles. The highest BCUT2D eigenvalue weighted by Crippen LogP contribution is 2.04. The summed E-state index contributed by atoms with van der Waals surface area (Å²) in [6.45, 7) is 1.11. The highest BCUT2D eigenvalue weighted by molar-refractivity contribution is 5.95. The summed E-state index contributed by atoms with van der Waals surface area (Å²) in [5, 5.41) is 34.3. The molecule has 0 heterocycles. The average molecular weight is 490 g/mol. The second-order valence-corrected chi connectivity index (χ2v) is 7.40. The van der Waals surface area contributed by atoms with Crippen molar-refractivity contribution in [2.45, 2.75) is 69.3 Å². The number of carbonyl (C=O) groups is 7. The van der Waals surface area contributed by atoms with Gasteiger partial charge in [-0.2, -0.15) is 0 Å². The lowest BCUT2D eigenvalue weighted by atomic mass is 10.1. The molecule has 5 amide bonds. The minimum Gasteiger partial charge on any atom is -0.481 e. The van der Waals surface area contributed by atoms with Crippen molar-refractivity contribution in [3.05, 3.63) is 0 Å². The van der Waals surface area contributed by atoms with Gasteiger partial charge in [-0.05, 0) is 19.8 Å². The zero-order valence-electron chi connectivity index (χ0n) is 18.4. The third-order valence-corrected chi connectivity index (χ3v) is 4.39. The Hall–Kier alpha value is -3.79. The quantitative estimate of drug-likeness (QED) is 0.0988. The van der Waals surface area contributed by atoms with Crippen LogP contribution in [0.5, 0.6) is 0 Å². The van der Waals surface area contributed by atoms with Crippen molar-refractivity contribution in [2.75, 3.05) is 0 Å². The van der Waals surface area contributed by atoms with Gasteiger partial charge in [-0.25, -0.2) is 4.79 Å². The van der Waals surface area contributed by atoms with Gasteiger partial charge in [0.05, 0.1) is 18.6 Å². The second-order valence-electron chi connectivity index (χ2n) is 7.40. The van der Waals surface area contributed by atoms with E-state index in [0.717, 1.165) is 6.92 Å². The molecule has 5 atom stereocenters. The van der Waals surface area contributed by atoms with Crippen LogP contribution < -0.4 is 33.2 Å². The molecule has 0 aliphatic heterocycles. The molecule has 0 spiro atoms. The highest BCUT2D eigenvalue weighted by Gasteiger charge is 2.33. The van der Waals surface area contributed by atoms with Gasteiger partial charge in [-0.15, -0.1) is 0 Å². The summed E-state index contributed by atoms with van der Waals surface area (Å²) in [5.41, 5.74) is 15.4. The van der Waals surface area contributed by atoms with Crippen LogP contribution in [-0.4, -0.2) is 87.1 Å². The molecule has 0 aliphatic rings. The van der Waals surface area contributed by atoms with Crippen molar-refractivity contribution in [3.63, 3.8) is 0 Å². The van der Waals surface area contributed by atoms with Crippen LogP contribution in [0.2, 0.25) is 0 Å². The summed E-state index contributed by atoms with van der Waals surface area (Å²) in [4.78, 5) is 81.3. The van der Waals surface area contributed by atoms with Crippen LogP contribution in [-0.2, 0) is 33.6 Å². The predicted molar refractivity (Wildman–Crippen MR) is 112 cm³/mol. The van der Waals surface area contributed by atoms with Crippen LogP contribution in [0.4, 0.5) is 0 Å². The smallest absolute Gasteiger partial charge is 0.326 e. The van der Waals surface area contributed by atoms with E-state index >= 15 is 0 Å². The van der Waals surface area contributed by atoms with Gasteiger partial charge in [0.15, 0.2) is 0 Å². The van der Waals surface area contributed by atoms with Gasteiger partial charge in [0, 0.05) is 12.8 Å². The molecule has 34 heavy (non-hydrogen) atoms. The van der Waals surface area contributed by atoms with Gasteiger partial charge >= 0.3 is 11.9 Å². The van der Waals surface area contributed by atoms with Crippen LogP contribution in [0.1, 0.15) is 39.0 Å². The first-order chi connectivity index (χ1) is 15.6. The van der Waals surface area contributed by atoms with Gasteiger partial charge < -0.3 is 48.5 Å². The fourth-order valence-corrected chi connectivity index (χ4v) is 2.59. The first kappa shape index (κ1) is 30.2. The third kappa shape index (κ3) is 11.7. The second kappa shape index (κ2) is 14.4. The molecule has 0 aromatic heterocycles. The number of primary amides is 2. The average Bonchev–Trinajstić information content (AvgIpc) is 2.70. The molecule has 5 unspecified atom stereocenters. The summed E-state index contributed by atoms with van der Waals surface area (Å²) < 4.78 is 0. The molecule has 12 N–H and O–H groups in total. The van der Waals surface area contributed by atoms with E-state index in [2.05, 4.69) is 16.0 Å². The summed E-state index contributed by atoms with van der Waals surface area (Å²) in [7, 11) is 0. The van der Waals surface area contributed by atoms with E-state index in [1.807, 2.05) is 0 Å². The molecule has 0 rings (SSSR count). The molecule has 0 saturated heterocycles. The number of hydrogen-bond donors (Lipinski definition) is 9. The Kier molecular flexibility index (Phi) is 12.8. The van der Waals surface area contributed by atoms with Crippen LogP contribution in [0, 0.1) is 0 Å². The molecule has 192 valence electrons. The van der Waals surface area contributed by atoms with Crippen LogP contribution in [0.3, 0.4) is 0 Å². The van der Waals surface area contributed by atoms with Crippen molar-refractivity contribution >= 4 is 41.5 Å². The lowest BCUT2D eigenvalue weighted by molar-refractivity contribution is -0.143. The number of aliphatic hydroxyl groups excluding tert-OH is 1. The summed E-state index contributed by atoms with van der Waals surface area (Å²) in [6.07, 6.45) is -3.85. The van der Waals surface area contributed by atoms with Gasteiger partial charge in [-0.3, -0.25) is 28.8 Å². The maximum absolute atomic E-state index is 12.7. The lowest BCUT2D eigenvalue weighted by Gasteiger charge is -2.26. The molecule has 16 heteroatoms. The lowest BCUT2D eigenvalue weighted by Crippen LogP contribution is -2.60. The van der Waals surface area contributed by atoms with Gasteiger partial charge in [0.2, 0.25) is 29.5 Å². The summed E-state index contributed by atoms with van der Waals surface area (Å²) >= 11 is 0. The van der Waals surface area contributed by atoms with Crippen molar-refractivity contribution in [1.82, 2.24) is 16.0 Å². The number of nitrogens with two attached hydrogens (primary N) is 3. The Labute approximate surface area is 193 Å². The normalized spacial score (nSPS) is 15.0. The summed E-state index contributed by atoms with van der Waals surface area (Å²) in [6, 6.07) is -6.25. The zero-order chi connectivity index (χ0) is 26.6. The van der Waals surface area contributed by atoms with Crippen LogP contribution in [0.25, 0.3) is 0 Å². The number of aliphatic hydroxyl groups is 1. The maximum Gasteiger partial charge on any atom is 0.326 e. The first-order valence-corrected chi connectivity index (χ1v) is 10.0. The number of aliphatic carboxylic acids is 2. The van der Waals surface area contributed by atoms with Gasteiger partial charge in [-0.1, -0.05) is 0 Å². The van der Waals surface area contributed by atoms with Crippen molar-refractivity contribution in [3.8, 4) is 0 Å². The molecule has 0 aromatic rings. The Morgan fingerprint density at radius 1 is 0.765 bits per heavy atom. The van der Waals surface area contributed by atoms with E-state index in [1.54, 1.807) is 0 Å². The number of hydrogen-bond acceptors (Lipinski definition) is 9. The zero-order valence-corrected chi connectivity index (χ0v) is 18.4. The number of carbonyl (C=O) groups excluding carboxylic acids is 5. The number of amides is 5. The first-order valence-electron chi connectivity index (χ1n) is 10.0. The largest absolute Gasteiger partial charge is 0.481 e. The number of nitrogens with one attached hydrogen (secondary N) is 3. The van der Waals surface area contributed by atoms with Crippen LogP contribution in [0.15, 0.2) is 0 Å². The highest BCUT2D eigenvalue weighted by atomic mass is 16.4. The van der Waals surface area contributed by atoms with E-state index in [-0.39, 0.29) is 12.8 Å². The standard InChI is InChI=1S/C18H30N6O10/c1-7(25)14(17(32)23-10(18(33)34)2-4-11(20)26)24-16(31)9(3-5-13(28)29)22-15(30)8(19)6-12(21)27/h7-10,14,25H,2-6,19H2,1H3,(H2,20,26)(H2,21,27)(H,22,30)(H,23,32)(H,24,31)(H,28,29)(H,33,34).